The molecule has 0 saturated heterocycles. The summed E-state index contributed by atoms with van der Waals surface area (Å²) in [4.78, 5) is 18.4. The molecule has 0 spiro atoms. The van der Waals surface area contributed by atoms with Gasteiger partial charge in [0, 0.05) is 53.1 Å². The average molecular weight is 474 g/mol. The van der Waals surface area contributed by atoms with Crippen LogP contribution in [0, 0.1) is 10.1 Å². The number of rotatable bonds is 6. The van der Waals surface area contributed by atoms with Crippen LogP contribution in [0.2, 0.25) is 0 Å². The van der Waals surface area contributed by atoms with E-state index in [4.69, 9.17) is 5.10 Å². The van der Waals surface area contributed by atoms with Gasteiger partial charge in [0.2, 0.25) is 4.80 Å². The molecule has 0 atom stereocenters. The van der Waals surface area contributed by atoms with Gasteiger partial charge in [-0.2, -0.15) is 5.10 Å². The fourth-order valence-electron chi connectivity index (χ4n) is 4.17. The molecule has 0 fully saturated rings. The SMILES string of the molecule is C=C(C)CN=c1scc(-c2cccc([N+](=O)[O-])c2)n1N=CC=C1N(C)c2ccccc2C1(C)C. The first-order chi connectivity index (χ1) is 16.2. The van der Waals surface area contributed by atoms with Crippen LogP contribution in [0.4, 0.5) is 11.4 Å². The summed E-state index contributed by atoms with van der Waals surface area (Å²) < 4.78 is 1.73. The first-order valence-electron chi connectivity index (χ1n) is 10.9. The third-order valence-electron chi connectivity index (χ3n) is 5.88. The summed E-state index contributed by atoms with van der Waals surface area (Å²) >= 11 is 1.44. The monoisotopic (exact) mass is 473 g/mol. The number of likely N-dealkylation sites (N-methyl/N-ethyl adjacent to an activating group) is 1. The molecule has 0 N–H and O–H groups in total. The highest BCUT2D eigenvalue weighted by atomic mass is 32.1. The maximum Gasteiger partial charge on any atom is 0.270 e. The average Bonchev–Trinajstić information content (AvgIpc) is 3.30. The summed E-state index contributed by atoms with van der Waals surface area (Å²) in [5.74, 6) is 0. The van der Waals surface area contributed by atoms with Crippen LogP contribution in [0.3, 0.4) is 0 Å². The van der Waals surface area contributed by atoms with E-state index >= 15 is 0 Å². The molecule has 0 unspecified atom stereocenters. The number of allylic oxidation sites excluding steroid dienone is 2. The van der Waals surface area contributed by atoms with E-state index in [1.807, 2.05) is 30.5 Å². The van der Waals surface area contributed by atoms with Gasteiger partial charge >= 0.3 is 0 Å². The summed E-state index contributed by atoms with van der Waals surface area (Å²) in [6, 6.07) is 14.9. The fraction of sp³-hybridized carbons (Fsp3) is 0.231. The second kappa shape index (κ2) is 9.23. The van der Waals surface area contributed by atoms with Gasteiger partial charge in [0.25, 0.3) is 5.69 Å². The van der Waals surface area contributed by atoms with Crippen LogP contribution in [0.1, 0.15) is 26.3 Å². The van der Waals surface area contributed by atoms with Gasteiger partial charge in [-0.15, -0.1) is 11.3 Å². The Morgan fingerprint density at radius 1 is 1.24 bits per heavy atom. The van der Waals surface area contributed by atoms with Crippen LogP contribution < -0.4 is 9.70 Å². The molecule has 0 radical (unpaired) electrons. The molecule has 0 saturated carbocycles. The van der Waals surface area contributed by atoms with Gasteiger partial charge in [-0.1, -0.05) is 56.3 Å². The number of hydrogen-bond donors (Lipinski definition) is 0. The van der Waals surface area contributed by atoms with E-state index in [-0.39, 0.29) is 11.1 Å². The fourth-order valence-corrected chi connectivity index (χ4v) is 5.01. The molecule has 1 aliphatic rings. The Hall–Kier alpha value is -3.78. The van der Waals surface area contributed by atoms with E-state index in [0.717, 1.165) is 17.0 Å². The minimum absolute atomic E-state index is 0.0360. The molecule has 2 heterocycles. The molecule has 174 valence electrons. The normalized spacial score (nSPS) is 16.4. The molecular formula is C26H27N5O2S. The lowest BCUT2D eigenvalue weighted by Gasteiger charge is -2.23. The van der Waals surface area contributed by atoms with Crippen molar-refractivity contribution < 1.29 is 4.92 Å². The minimum atomic E-state index is -0.393. The molecule has 8 heteroatoms. The Bertz CT molecular complexity index is 1390. The summed E-state index contributed by atoms with van der Waals surface area (Å²) in [5.41, 5.74) is 5.85. The van der Waals surface area contributed by atoms with Crippen molar-refractivity contribution in [3.05, 3.63) is 98.3 Å². The molecule has 1 aromatic heterocycles. The molecule has 0 aliphatic carbocycles. The number of nitro benzene ring substituents is 1. The largest absolute Gasteiger partial charge is 0.347 e. The maximum atomic E-state index is 11.3. The summed E-state index contributed by atoms with van der Waals surface area (Å²) in [6.07, 6.45) is 3.79. The van der Waals surface area contributed by atoms with Gasteiger partial charge in [-0.05, 0) is 24.6 Å². The van der Waals surface area contributed by atoms with E-state index in [2.05, 4.69) is 55.6 Å². The second-order valence-electron chi connectivity index (χ2n) is 8.81. The first kappa shape index (κ1) is 23.4. The molecular weight excluding hydrogens is 446 g/mol. The molecule has 0 bridgehead atoms. The van der Waals surface area contributed by atoms with Crippen LogP contribution in [0.25, 0.3) is 11.3 Å². The summed E-state index contributed by atoms with van der Waals surface area (Å²) in [7, 11) is 2.06. The van der Waals surface area contributed by atoms with Crippen molar-refractivity contribution in [1.82, 2.24) is 4.68 Å². The highest BCUT2D eigenvalue weighted by Crippen LogP contribution is 2.46. The molecule has 7 nitrogen and oxygen atoms in total. The summed E-state index contributed by atoms with van der Waals surface area (Å²) in [6.45, 7) is 10.7. The van der Waals surface area contributed by atoms with Gasteiger partial charge in [-0.3, -0.25) is 15.1 Å². The van der Waals surface area contributed by atoms with Crippen molar-refractivity contribution in [2.75, 3.05) is 18.5 Å². The van der Waals surface area contributed by atoms with Crippen LogP contribution in [0.15, 0.2) is 87.9 Å². The van der Waals surface area contributed by atoms with Crippen molar-refractivity contribution in [3.63, 3.8) is 0 Å². The lowest BCUT2D eigenvalue weighted by molar-refractivity contribution is -0.384. The Balaban J connectivity index is 1.77. The quantitative estimate of drug-likeness (QED) is 0.198. The van der Waals surface area contributed by atoms with Crippen LogP contribution in [0.5, 0.6) is 0 Å². The number of nitro groups is 1. The van der Waals surface area contributed by atoms with Crippen LogP contribution >= 0.6 is 11.3 Å². The van der Waals surface area contributed by atoms with Gasteiger partial charge < -0.3 is 4.90 Å². The number of aromatic nitrogens is 1. The predicted molar refractivity (Wildman–Crippen MR) is 139 cm³/mol. The highest BCUT2D eigenvalue weighted by Gasteiger charge is 2.37. The first-order valence-corrected chi connectivity index (χ1v) is 11.8. The van der Waals surface area contributed by atoms with Gasteiger partial charge in [0.1, 0.15) is 0 Å². The lowest BCUT2D eigenvalue weighted by Crippen LogP contribution is -2.23. The molecule has 0 amide bonds. The van der Waals surface area contributed by atoms with E-state index in [1.165, 1.54) is 28.7 Å². The molecule has 34 heavy (non-hydrogen) atoms. The van der Waals surface area contributed by atoms with E-state index in [1.54, 1.807) is 23.0 Å². The third kappa shape index (κ3) is 4.36. The number of nitrogens with zero attached hydrogens (tertiary/aromatic N) is 5. The van der Waals surface area contributed by atoms with Gasteiger partial charge in [0.05, 0.1) is 17.2 Å². The highest BCUT2D eigenvalue weighted by molar-refractivity contribution is 7.07. The molecule has 3 aromatic rings. The number of fused-ring (bicyclic) bond motifs is 1. The van der Waals surface area contributed by atoms with Gasteiger partial charge in [0.15, 0.2) is 0 Å². The molecule has 2 aromatic carbocycles. The minimum Gasteiger partial charge on any atom is -0.347 e. The summed E-state index contributed by atoms with van der Waals surface area (Å²) in [5, 5.41) is 17.9. The smallest absolute Gasteiger partial charge is 0.270 e. The Morgan fingerprint density at radius 2 is 2.00 bits per heavy atom. The van der Waals surface area contributed by atoms with Crippen molar-refractivity contribution in [2.24, 2.45) is 10.1 Å². The molecule has 1 aliphatic heterocycles. The van der Waals surface area contributed by atoms with Crippen LogP contribution in [-0.4, -0.2) is 29.4 Å². The third-order valence-corrected chi connectivity index (χ3v) is 6.73. The van der Waals surface area contributed by atoms with Crippen molar-refractivity contribution in [1.29, 1.82) is 0 Å². The number of thiazole rings is 1. The number of anilines is 1. The van der Waals surface area contributed by atoms with E-state index in [0.29, 0.717) is 16.9 Å². The second-order valence-corrected chi connectivity index (χ2v) is 9.65. The number of non-ortho nitro benzene ring substituents is 1. The number of hydrogen-bond acceptors (Lipinski definition) is 6. The lowest BCUT2D eigenvalue weighted by atomic mass is 9.84. The van der Waals surface area contributed by atoms with Gasteiger partial charge in [-0.25, -0.2) is 4.68 Å². The van der Waals surface area contributed by atoms with E-state index < -0.39 is 4.92 Å². The van der Waals surface area contributed by atoms with Crippen molar-refractivity contribution in [2.45, 2.75) is 26.2 Å². The Labute approximate surface area is 202 Å². The zero-order valence-electron chi connectivity index (χ0n) is 19.7. The number of para-hydroxylation sites is 1. The van der Waals surface area contributed by atoms with Crippen molar-refractivity contribution in [3.8, 4) is 11.3 Å². The molecule has 4 rings (SSSR count). The Morgan fingerprint density at radius 3 is 2.71 bits per heavy atom. The number of benzene rings is 2. The van der Waals surface area contributed by atoms with E-state index in [9.17, 15) is 10.1 Å². The predicted octanol–water partition coefficient (Wildman–Crippen LogP) is 5.75. The topological polar surface area (TPSA) is 76.0 Å². The maximum absolute atomic E-state index is 11.3. The van der Waals surface area contributed by atoms with Crippen molar-refractivity contribution >= 4 is 28.9 Å². The zero-order valence-corrected chi connectivity index (χ0v) is 20.5. The zero-order chi connectivity index (χ0) is 24.5. The van der Waals surface area contributed by atoms with Crippen LogP contribution in [-0.2, 0) is 5.41 Å². The standard InChI is InChI=1S/C26H27N5O2S/c1-18(2)16-27-25-30(23(17-34-25)19-9-8-10-20(15-19)31(32)33)28-14-13-24-26(3,4)21-11-6-7-12-22(21)29(24)5/h6-15,17H,1,16H2,2-5H3. The Kier molecular flexibility index (Phi) is 6.34.